The van der Waals surface area contributed by atoms with Crippen LogP contribution in [0.25, 0.3) is 0 Å². The summed E-state index contributed by atoms with van der Waals surface area (Å²) in [7, 11) is 0. The lowest BCUT2D eigenvalue weighted by Crippen LogP contribution is -2.40. The Labute approximate surface area is 95.4 Å². The van der Waals surface area contributed by atoms with Crippen LogP contribution in [-0.2, 0) is 14.3 Å². The Morgan fingerprint density at radius 2 is 2.38 bits per heavy atom. The fraction of sp³-hybridized carbons (Fsp3) is 0.909. The summed E-state index contributed by atoms with van der Waals surface area (Å²) in [5.41, 5.74) is -0.914. The molecular weight excluding hydrogens is 212 g/mol. The van der Waals surface area contributed by atoms with Crippen LogP contribution in [0.3, 0.4) is 0 Å². The molecule has 1 aliphatic heterocycles. The number of ether oxygens (including phenoxy) is 2. The van der Waals surface area contributed by atoms with Crippen LogP contribution < -0.4 is 0 Å². The van der Waals surface area contributed by atoms with Gasteiger partial charge in [-0.15, -0.1) is 0 Å². The minimum atomic E-state index is -0.914. The minimum Gasteiger partial charge on any atom is -0.462 e. The van der Waals surface area contributed by atoms with E-state index < -0.39 is 11.9 Å². The number of hydrogen-bond donors (Lipinski definition) is 2. The average molecular weight is 232 g/mol. The van der Waals surface area contributed by atoms with E-state index in [9.17, 15) is 15.0 Å². The van der Waals surface area contributed by atoms with Crippen molar-refractivity contribution >= 4 is 5.97 Å². The quantitative estimate of drug-likeness (QED) is 0.672. The van der Waals surface area contributed by atoms with Gasteiger partial charge in [0.05, 0.1) is 12.5 Å². The fourth-order valence-corrected chi connectivity index (χ4v) is 1.57. The Kier molecular flexibility index (Phi) is 4.70. The highest BCUT2D eigenvalue weighted by atomic mass is 16.6. The Morgan fingerprint density at radius 3 is 2.81 bits per heavy atom. The number of rotatable bonds is 5. The van der Waals surface area contributed by atoms with E-state index in [0.717, 1.165) is 0 Å². The van der Waals surface area contributed by atoms with E-state index in [1.807, 2.05) is 6.92 Å². The number of hydrogen-bond acceptors (Lipinski definition) is 5. The molecule has 1 rings (SSSR count). The molecule has 3 unspecified atom stereocenters. The van der Waals surface area contributed by atoms with Crippen LogP contribution in [0.5, 0.6) is 0 Å². The second-order valence-corrected chi connectivity index (χ2v) is 4.37. The maximum absolute atomic E-state index is 11.4. The summed E-state index contributed by atoms with van der Waals surface area (Å²) in [4.78, 5) is 11.4. The lowest BCUT2D eigenvalue weighted by molar-refractivity contribution is -0.184. The Morgan fingerprint density at radius 1 is 1.69 bits per heavy atom. The monoisotopic (exact) mass is 232 g/mol. The predicted molar refractivity (Wildman–Crippen MR) is 56.6 cm³/mol. The van der Waals surface area contributed by atoms with Crippen LogP contribution in [0.15, 0.2) is 0 Å². The van der Waals surface area contributed by atoms with Crippen molar-refractivity contribution < 1.29 is 24.5 Å². The van der Waals surface area contributed by atoms with Gasteiger partial charge < -0.3 is 19.7 Å². The Balaban J connectivity index is 2.43. The summed E-state index contributed by atoms with van der Waals surface area (Å²) >= 11 is 0. The second-order valence-electron chi connectivity index (χ2n) is 4.37. The Bertz CT molecular complexity index is 243. The van der Waals surface area contributed by atoms with Crippen LogP contribution in [-0.4, -0.2) is 41.3 Å². The molecule has 1 heterocycles. The van der Waals surface area contributed by atoms with Gasteiger partial charge in [0.2, 0.25) is 0 Å². The van der Waals surface area contributed by atoms with Gasteiger partial charge in [0.1, 0.15) is 12.2 Å². The van der Waals surface area contributed by atoms with Gasteiger partial charge in [-0.05, 0) is 12.8 Å². The van der Waals surface area contributed by atoms with E-state index in [1.165, 1.54) is 0 Å². The average Bonchev–Trinajstić information content (AvgIpc) is 2.67. The third-order valence-corrected chi connectivity index (χ3v) is 3.01. The number of aliphatic hydroxyl groups is 2. The van der Waals surface area contributed by atoms with E-state index in [-0.39, 0.29) is 25.1 Å². The van der Waals surface area contributed by atoms with Gasteiger partial charge in [-0.1, -0.05) is 13.8 Å². The van der Waals surface area contributed by atoms with Gasteiger partial charge in [-0.3, -0.25) is 4.79 Å². The first-order valence-electron chi connectivity index (χ1n) is 5.66. The number of carbonyl (C=O) groups excluding carboxylic acids is 1. The van der Waals surface area contributed by atoms with Crippen LogP contribution in [0.4, 0.5) is 0 Å². The molecule has 5 nitrogen and oxygen atoms in total. The molecule has 94 valence electrons. The van der Waals surface area contributed by atoms with E-state index >= 15 is 0 Å². The van der Waals surface area contributed by atoms with Crippen molar-refractivity contribution in [2.75, 3.05) is 13.2 Å². The fourth-order valence-electron chi connectivity index (χ4n) is 1.57. The minimum absolute atomic E-state index is 0.00370. The third-order valence-electron chi connectivity index (χ3n) is 3.01. The van der Waals surface area contributed by atoms with Crippen molar-refractivity contribution in [2.24, 2.45) is 5.92 Å². The summed E-state index contributed by atoms with van der Waals surface area (Å²) in [6.07, 6.45) is 0.809. The largest absolute Gasteiger partial charge is 0.462 e. The van der Waals surface area contributed by atoms with Crippen molar-refractivity contribution in [3.05, 3.63) is 0 Å². The maximum atomic E-state index is 11.4. The van der Waals surface area contributed by atoms with E-state index in [0.29, 0.717) is 19.3 Å². The molecule has 1 aliphatic rings. The zero-order valence-corrected chi connectivity index (χ0v) is 9.81. The van der Waals surface area contributed by atoms with Gasteiger partial charge in [-0.25, -0.2) is 0 Å². The number of aliphatic hydroxyl groups excluding tert-OH is 2. The van der Waals surface area contributed by atoms with E-state index in [2.05, 4.69) is 0 Å². The number of esters is 1. The SMILES string of the molecule is CCC(C)C(=O)OCC1(CO)CCC(O)O1. The van der Waals surface area contributed by atoms with Crippen LogP contribution in [0, 0.1) is 5.92 Å². The highest BCUT2D eigenvalue weighted by molar-refractivity contribution is 5.71. The Hall–Kier alpha value is -0.650. The van der Waals surface area contributed by atoms with Crippen molar-refractivity contribution in [2.45, 2.75) is 45.0 Å². The van der Waals surface area contributed by atoms with Crippen molar-refractivity contribution in [1.82, 2.24) is 0 Å². The summed E-state index contributed by atoms with van der Waals surface area (Å²) in [6, 6.07) is 0. The first-order valence-corrected chi connectivity index (χ1v) is 5.66. The smallest absolute Gasteiger partial charge is 0.308 e. The normalized spacial score (nSPS) is 31.4. The van der Waals surface area contributed by atoms with Crippen molar-refractivity contribution in [3.63, 3.8) is 0 Å². The van der Waals surface area contributed by atoms with Gasteiger partial charge in [0.15, 0.2) is 6.29 Å². The molecule has 1 saturated heterocycles. The van der Waals surface area contributed by atoms with E-state index in [4.69, 9.17) is 9.47 Å². The molecule has 0 radical (unpaired) electrons. The molecule has 3 atom stereocenters. The van der Waals surface area contributed by atoms with Crippen LogP contribution in [0.1, 0.15) is 33.1 Å². The summed E-state index contributed by atoms with van der Waals surface area (Å²) in [5.74, 6) is -0.442. The van der Waals surface area contributed by atoms with Gasteiger partial charge >= 0.3 is 5.97 Å². The maximum Gasteiger partial charge on any atom is 0.308 e. The van der Waals surface area contributed by atoms with Crippen molar-refractivity contribution in [1.29, 1.82) is 0 Å². The molecule has 0 aromatic carbocycles. The standard InChI is InChI=1S/C11H20O5/c1-3-8(2)10(14)15-7-11(6-12)5-4-9(13)16-11/h8-9,12-13H,3-7H2,1-2H3. The molecule has 0 spiro atoms. The van der Waals surface area contributed by atoms with E-state index in [1.54, 1.807) is 6.92 Å². The lowest BCUT2D eigenvalue weighted by atomic mass is 10.0. The first kappa shape index (κ1) is 13.4. The molecule has 0 saturated carbocycles. The highest BCUT2D eigenvalue weighted by Gasteiger charge is 2.40. The molecule has 16 heavy (non-hydrogen) atoms. The predicted octanol–water partition coefficient (Wildman–Crippen LogP) is 0.436. The third kappa shape index (κ3) is 3.17. The zero-order valence-electron chi connectivity index (χ0n) is 9.81. The topological polar surface area (TPSA) is 76.0 Å². The summed E-state index contributed by atoms with van der Waals surface area (Å²) in [6.45, 7) is 3.45. The highest BCUT2D eigenvalue weighted by Crippen LogP contribution is 2.29. The number of carbonyl (C=O) groups is 1. The van der Waals surface area contributed by atoms with Crippen LogP contribution in [0.2, 0.25) is 0 Å². The van der Waals surface area contributed by atoms with Gasteiger partial charge in [0, 0.05) is 6.42 Å². The summed E-state index contributed by atoms with van der Waals surface area (Å²) < 4.78 is 10.3. The molecule has 0 bridgehead atoms. The molecule has 0 aromatic heterocycles. The molecule has 0 amide bonds. The first-order chi connectivity index (χ1) is 7.53. The van der Waals surface area contributed by atoms with Gasteiger partial charge in [-0.2, -0.15) is 0 Å². The molecule has 1 fully saturated rings. The zero-order chi connectivity index (χ0) is 12.2. The van der Waals surface area contributed by atoms with Gasteiger partial charge in [0.25, 0.3) is 0 Å². The van der Waals surface area contributed by atoms with Crippen molar-refractivity contribution in [3.8, 4) is 0 Å². The molecule has 2 N–H and O–H groups in total. The lowest BCUT2D eigenvalue weighted by Gasteiger charge is -2.26. The van der Waals surface area contributed by atoms with Crippen LogP contribution >= 0.6 is 0 Å². The summed E-state index contributed by atoms with van der Waals surface area (Å²) in [5, 5.41) is 18.5. The second kappa shape index (κ2) is 5.61. The molecule has 0 aromatic rings. The molecule has 0 aliphatic carbocycles. The molecular formula is C11H20O5. The molecule has 5 heteroatoms.